The van der Waals surface area contributed by atoms with Crippen molar-refractivity contribution in [3.63, 3.8) is 0 Å². The first-order valence-corrected chi connectivity index (χ1v) is 10.2. The van der Waals surface area contributed by atoms with Crippen LogP contribution in [0.5, 0.6) is 0 Å². The molecule has 3 aromatic rings. The largest absolute Gasteiger partial charge is 0.354 e. The Balaban J connectivity index is 1.64. The molecule has 3 aromatic carbocycles. The number of amides is 1. The van der Waals surface area contributed by atoms with E-state index in [1.165, 1.54) is 16.3 Å². The Kier molecular flexibility index (Phi) is 5.72. The molecule has 0 radical (unpaired) electrons. The van der Waals surface area contributed by atoms with E-state index in [1.54, 1.807) is 0 Å². The summed E-state index contributed by atoms with van der Waals surface area (Å²) in [6.45, 7) is 1.63. The molecule has 4 rings (SSSR count). The number of nitrogens with zero attached hydrogens (tertiary/aromatic N) is 2. The van der Waals surface area contributed by atoms with E-state index in [4.69, 9.17) is 4.99 Å². The highest BCUT2D eigenvalue weighted by molar-refractivity contribution is 6.15. The van der Waals surface area contributed by atoms with E-state index in [0.717, 1.165) is 24.2 Å². The third-order valence-electron chi connectivity index (χ3n) is 5.47. The minimum absolute atomic E-state index is 0.0152. The predicted molar refractivity (Wildman–Crippen MR) is 120 cm³/mol. The lowest BCUT2D eigenvalue weighted by Gasteiger charge is -2.35. The molecule has 1 amide bonds. The summed E-state index contributed by atoms with van der Waals surface area (Å²) in [7, 11) is 4.08. The van der Waals surface area contributed by atoms with Crippen molar-refractivity contribution in [3.8, 4) is 0 Å². The summed E-state index contributed by atoms with van der Waals surface area (Å²) in [5.41, 5.74) is 3.25. The van der Waals surface area contributed by atoms with Crippen molar-refractivity contribution in [2.24, 2.45) is 4.99 Å². The Bertz CT molecular complexity index is 1020. The van der Waals surface area contributed by atoms with Gasteiger partial charge in [0, 0.05) is 6.54 Å². The van der Waals surface area contributed by atoms with Gasteiger partial charge in [0.15, 0.2) is 0 Å². The van der Waals surface area contributed by atoms with E-state index in [-0.39, 0.29) is 17.9 Å². The number of carbonyl (C=O) groups is 1. The van der Waals surface area contributed by atoms with E-state index < -0.39 is 0 Å². The fourth-order valence-corrected chi connectivity index (χ4v) is 4.00. The van der Waals surface area contributed by atoms with Gasteiger partial charge in [0.05, 0.1) is 11.6 Å². The molecular weight excluding hydrogens is 358 g/mol. The minimum Gasteiger partial charge on any atom is -0.354 e. The molecule has 1 aliphatic rings. The summed E-state index contributed by atoms with van der Waals surface area (Å²) in [6.07, 6.45) is 0.930. The van der Waals surface area contributed by atoms with Crippen LogP contribution >= 0.6 is 0 Å². The summed E-state index contributed by atoms with van der Waals surface area (Å²) < 4.78 is 0. The molecule has 0 spiro atoms. The highest BCUT2D eigenvalue weighted by Crippen LogP contribution is 2.38. The van der Waals surface area contributed by atoms with Crippen LogP contribution in [-0.4, -0.2) is 49.7 Å². The molecule has 0 saturated carbocycles. The Morgan fingerprint density at radius 2 is 1.69 bits per heavy atom. The van der Waals surface area contributed by atoms with E-state index >= 15 is 0 Å². The van der Waals surface area contributed by atoms with Crippen LogP contribution in [0.3, 0.4) is 0 Å². The van der Waals surface area contributed by atoms with Gasteiger partial charge in [0.1, 0.15) is 6.04 Å². The molecule has 1 N–H and O–H groups in total. The Morgan fingerprint density at radius 1 is 0.966 bits per heavy atom. The third-order valence-corrected chi connectivity index (χ3v) is 5.47. The maximum atomic E-state index is 12.9. The highest BCUT2D eigenvalue weighted by Gasteiger charge is 2.41. The number of hydrogen-bond donors (Lipinski definition) is 1. The van der Waals surface area contributed by atoms with Crippen LogP contribution in [0.15, 0.2) is 77.8 Å². The zero-order valence-corrected chi connectivity index (χ0v) is 17.0. The SMILES string of the molecule is CN(C)CCCNC(=O)C1N=C(c2ccccc2)C1c1cccc2ccccc12. The number of nitrogens with one attached hydrogen (secondary N) is 1. The third kappa shape index (κ3) is 4.08. The standard InChI is InChI=1S/C25H27N3O/c1-28(2)17-9-16-26-25(29)24-22(23(27-24)19-11-4-3-5-12-19)21-15-8-13-18-10-6-7-14-20(18)21/h3-8,10-15,22,24H,9,16-17H2,1-2H3,(H,26,29). The van der Waals surface area contributed by atoms with Gasteiger partial charge in [-0.1, -0.05) is 72.8 Å². The summed E-state index contributed by atoms with van der Waals surface area (Å²) in [4.78, 5) is 19.8. The van der Waals surface area contributed by atoms with Gasteiger partial charge in [0.25, 0.3) is 0 Å². The highest BCUT2D eigenvalue weighted by atomic mass is 16.2. The van der Waals surface area contributed by atoms with Crippen LogP contribution < -0.4 is 5.32 Å². The predicted octanol–water partition coefficient (Wildman–Crippen LogP) is 3.86. The number of carbonyl (C=O) groups excluding carboxylic acids is 1. The first kappa shape index (κ1) is 19.3. The van der Waals surface area contributed by atoms with Gasteiger partial charge in [-0.2, -0.15) is 0 Å². The molecule has 2 atom stereocenters. The molecule has 1 heterocycles. The van der Waals surface area contributed by atoms with Crippen LogP contribution in [0.2, 0.25) is 0 Å². The summed E-state index contributed by atoms with van der Waals surface area (Å²) >= 11 is 0. The van der Waals surface area contributed by atoms with Crippen molar-refractivity contribution in [1.82, 2.24) is 10.2 Å². The van der Waals surface area contributed by atoms with Gasteiger partial charge in [-0.15, -0.1) is 0 Å². The quantitative estimate of drug-likeness (QED) is 0.628. The number of hydrogen-bond acceptors (Lipinski definition) is 3. The number of fused-ring (bicyclic) bond motifs is 1. The minimum atomic E-state index is -0.379. The summed E-state index contributed by atoms with van der Waals surface area (Å²) in [6, 6.07) is 24.5. The second-order valence-corrected chi connectivity index (χ2v) is 7.82. The fraction of sp³-hybridized carbons (Fsp3) is 0.280. The normalized spacial score (nSPS) is 18.4. The first-order chi connectivity index (χ1) is 14.1. The van der Waals surface area contributed by atoms with Crippen LogP contribution in [0.1, 0.15) is 23.5 Å². The number of rotatable bonds is 7. The van der Waals surface area contributed by atoms with Gasteiger partial charge in [-0.3, -0.25) is 9.79 Å². The molecule has 0 aromatic heterocycles. The molecule has 148 valence electrons. The first-order valence-electron chi connectivity index (χ1n) is 10.2. The molecule has 0 saturated heterocycles. The van der Waals surface area contributed by atoms with E-state index in [2.05, 4.69) is 58.7 Å². The van der Waals surface area contributed by atoms with Crippen LogP contribution in [0.25, 0.3) is 10.8 Å². The molecule has 0 aliphatic carbocycles. The topological polar surface area (TPSA) is 44.7 Å². The number of aliphatic imine (C=N–C) groups is 1. The molecular formula is C25H27N3O. The summed E-state index contributed by atoms with van der Waals surface area (Å²) in [5.74, 6) is -0.0151. The van der Waals surface area contributed by atoms with Crippen molar-refractivity contribution in [1.29, 1.82) is 0 Å². The van der Waals surface area contributed by atoms with E-state index in [0.29, 0.717) is 6.54 Å². The zero-order chi connectivity index (χ0) is 20.2. The lowest BCUT2D eigenvalue weighted by molar-refractivity contribution is -0.122. The average Bonchev–Trinajstić information content (AvgIpc) is 2.71. The monoisotopic (exact) mass is 385 g/mol. The fourth-order valence-electron chi connectivity index (χ4n) is 4.00. The van der Waals surface area contributed by atoms with Crippen LogP contribution in [-0.2, 0) is 4.79 Å². The van der Waals surface area contributed by atoms with Gasteiger partial charge in [-0.25, -0.2) is 0 Å². The van der Waals surface area contributed by atoms with Crippen molar-refractivity contribution in [3.05, 3.63) is 83.9 Å². The van der Waals surface area contributed by atoms with Gasteiger partial charge < -0.3 is 10.2 Å². The molecule has 2 unspecified atom stereocenters. The van der Waals surface area contributed by atoms with Crippen LogP contribution in [0, 0.1) is 0 Å². The molecule has 4 nitrogen and oxygen atoms in total. The van der Waals surface area contributed by atoms with E-state index in [1.807, 2.05) is 38.4 Å². The van der Waals surface area contributed by atoms with Gasteiger partial charge >= 0.3 is 0 Å². The van der Waals surface area contributed by atoms with Crippen molar-refractivity contribution in [2.45, 2.75) is 18.4 Å². The second kappa shape index (κ2) is 8.58. The van der Waals surface area contributed by atoms with Crippen molar-refractivity contribution < 1.29 is 4.79 Å². The Morgan fingerprint density at radius 3 is 2.48 bits per heavy atom. The second-order valence-electron chi connectivity index (χ2n) is 7.82. The molecule has 4 heteroatoms. The van der Waals surface area contributed by atoms with Gasteiger partial charge in [-0.05, 0) is 49.0 Å². The van der Waals surface area contributed by atoms with Crippen molar-refractivity contribution >= 4 is 22.4 Å². The summed E-state index contributed by atoms with van der Waals surface area (Å²) in [5, 5.41) is 5.47. The average molecular weight is 386 g/mol. The Hall–Kier alpha value is -2.98. The smallest absolute Gasteiger partial charge is 0.245 e. The Labute approximate surface area is 172 Å². The van der Waals surface area contributed by atoms with Crippen LogP contribution in [0.4, 0.5) is 0 Å². The number of benzene rings is 3. The molecule has 29 heavy (non-hydrogen) atoms. The zero-order valence-electron chi connectivity index (χ0n) is 17.0. The maximum absolute atomic E-state index is 12.9. The van der Waals surface area contributed by atoms with Crippen molar-refractivity contribution in [2.75, 3.05) is 27.2 Å². The molecule has 1 aliphatic heterocycles. The van der Waals surface area contributed by atoms with Gasteiger partial charge in [0.2, 0.25) is 5.91 Å². The molecule has 0 bridgehead atoms. The van der Waals surface area contributed by atoms with E-state index in [9.17, 15) is 4.79 Å². The maximum Gasteiger partial charge on any atom is 0.245 e. The lowest BCUT2D eigenvalue weighted by atomic mass is 9.77. The lowest BCUT2D eigenvalue weighted by Crippen LogP contribution is -2.47. The molecule has 0 fully saturated rings.